The predicted molar refractivity (Wildman–Crippen MR) is 109 cm³/mol. The van der Waals surface area contributed by atoms with Crippen LogP contribution in [0.1, 0.15) is 82.3 Å². The van der Waals surface area contributed by atoms with Crippen molar-refractivity contribution >= 4 is 6.08 Å². The summed E-state index contributed by atoms with van der Waals surface area (Å²) < 4.78 is 0.977. The molecule has 2 heteroatoms. The van der Waals surface area contributed by atoms with Gasteiger partial charge in [-0.25, -0.2) is 0 Å². The van der Waals surface area contributed by atoms with Gasteiger partial charge in [-0.1, -0.05) is 88.1 Å². The largest absolute Gasteiger partial charge is 1.00 e. The van der Waals surface area contributed by atoms with E-state index < -0.39 is 0 Å². The fourth-order valence-corrected chi connectivity index (χ4v) is 3.05. The first kappa shape index (κ1) is 24.2. The first-order valence-electron chi connectivity index (χ1n) is 10.1. The average Bonchev–Trinajstić information content (AvgIpc) is 2.56. The van der Waals surface area contributed by atoms with Crippen LogP contribution in [0.2, 0.25) is 0 Å². The maximum absolute atomic E-state index is 2.33. The lowest BCUT2D eigenvalue weighted by molar-refractivity contribution is -0.838. The van der Waals surface area contributed by atoms with Gasteiger partial charge < -0.3 is 16.9 Å². The van der Waals surface area contributed by atoms with Gasteiger partial charge in [0.2, 0.25) is 0 Å². The zero-order chi connectivity index (χ0) is 17.7. The summed E-state index contributed by atoms with van der Waals surface area (Å²) in [6.45, 7) is 5.66. The summed E-state index contributed by atoms with van der Waals surface area (Å²) >= 11 is 0. The fourth-order valence-electron chi connectivity index (χ4n) is 3.05. The molecule has 0 spiro atoms. The van der Waals surface area contributed by atoms with E-state index in [0.29, 0.717) is 0 Å². The molecule has 0 unspecified atom stereocenters. The van der Waals surface area contributed by atoms with E-state index in [-0.39, 0.29) is 12.4 Å². The summed E-state index contributed by atoms with van der Waals surface area (Å²) in [7, 11) is 4.61. The number of hydrogen-bond donors (Lipinski definition) is 0. The van der Waals surface area contributed by atoms with Gasteiger partial charge in [0.1, 0.15) is 0 Å². The minimum atomic E-state index is 0. The molecule has 0 radical (unpaired) electrons. The van der Waals surface area contributed by atoms with Gasteiger partial charge in [-0.15, -0.1) is 0 Å². The molecule has 1 rings (SSSR count). The molecule has 0 heterocycles. The molecule has 0 bridgehead atoms. The second kappa shape index (κ2) is 14.4. The standard InChI is InChI=1S/C23H40N.ClH/c1-5-6-7-8-9-10-11-12-13-14-20-24(3,4)21-19-23-17-15-22(2)16-18-23;/h15-19,21H,5-14,20H2,1-4H3;1H/q+1;/p-1. The van der Waals surface area contributed by atoms with Crippen LogP contribution in [0, 0.1) is 6.92 Å². The van der Waals surface area contributed by atoms with Crippen LogP contribution in [0.15, 0.2) is 30.5 Å². The van der Waals surface area contributed by atoms with Gasteiger partial charge in [0.05, 0.1) is 26.8 Å². The highest BCUT2D eigenvalue weighted by atomic mass is 35.5. The topological polar surface area (TPSA) is 0 Å². The van der Waals surface area contributed by atoms with Crippen molar-refractivity contribution in [3.05, 3.63) is 41.6 Å². The third kappa shape index (κ3) is 13.1. The number of halogens is 1. The molecule has 0 aromatic heterocycles. The molecule has 0 saturated carbocycles. The van der Waals surface area contributed by atoms with E-state index in [0.717, 1.165) is 4.48 Å². The van der Waals surface area contributed by atoms with Crippen LogP contribution in [0.3, 0.4) is 0 Å². The highest BCUT2D eigenvalue weighted by Gasteiger charge is 2.10. The Hall–Kier alpha value is -0.790. The normalized spacial score (nSPS) is 11.7. The second-order valence-electron chi connectivity index (χ2n) is 7.91. The van der Waals surface area contributed by atoms with Crippen molar-refractivity contribution in [1.29, 1.82) is 0 Å². The number of rotatable bonds is 13. The summed E-state index contributed by atoms with van der Waals surface area (Å²) in [4.78, 5) is 0. The molecule has 0 atom stereocenters. The Morgan fingerprint density at radius 3 is 1.76 bits per heavy atom. The van der Waals surface area contributed by atoms with Crippen molar-refractivity contribution in [3.63, 3.8) is 0 Å². The Labute approximate surface area is 163 Å². The molecule has 25 heavy (non-hydrogen) atoms. The van der Waals surface area contributed by atoms with Crippen LogP contribution in [0.4, 0.5) is 0 Å². The van der Waals surface area contributed by atoms with Gasteiger partial charge in [-0.3, -0.25) is 0 Å². The molecular weight excluding hydrogens is 326 g/mol. The Morgan fingerprint density at radius 1 is 0.760 bits per heavy atom. The molecule has 0 N–H and O–H groups in total. The van der Waals surface area contributed by atoms with Crippen molar-refractivity contribution in [3.8, 4) is 0 Å². The van der Waals surface area contributed by atoms with Crippen LogP contribution in [-0.2, 0) is 0 Å². The van der Waals surface area contributed by atoms with Crippen LogP contribution < -0.4 is 12.4 Å². The van der Waals surface area contributed by atoms with Crippen molar-refractivity contribution in [2.75, 3.05) is 20.6 Å². The third-order valence-corrected chi connectivity index (χ3v) is 4.84. The molecule has 144 valence electrons. The summed E-state index contributed by atoms with van der Waals surface area (Å²) in [5, 5.41) is 0. The first-order chi connectivity index (χ1) is 11.5. The number of benzene rings is 1. The zero-order valence-electron chi connectivity index (χ0n) is 17.1. The van der Waals surface area contributed by atoms with Gasteiger partial charge in [0.15, 0.2) is 0 Å². The lowest BCUT2D eigenvalue weighted by atomic mass is 10.1. The molecule has 1 aromatic carbocycles. The lowest BCUT2D eigenvalue weighted by Crippen LogP contribution is -3.00. The Morgan fingerprint density at radius 2 is 1.24 bits per heavy atom. The van der Waals surface area contributed by atoms with Crippen LogP contribution in [-0.4, -0.2) is 25.1 Å². The molecule has 0 amide bonds. The molecule has 0 aliphatic rings. The van der Waals surface area contributed by atoms with Crippen LogP contribution in [0.25, 0.3) is 6.08 Å². The highest BCUT2D eigenvalue weighted by Crippen LogP contribution is 2.13. The summed E-state index contributed by atoms with van der Waals surface area (Å²) in [5.41, 5.74) is 2.63. The average molecular weight is 366 g/mol. The minimum Gasteiger partial charge on any atom is -1.00 e. The van der Waals surface area contributed by atoms with Crippen LogP contribution in [0.5, 0.6) is 0 Å². The number of aryl methyl sites for hydroxylation is 1. The third-order valence-electron chi connectivity index (χ3n) is 4.84. The maximum Gasteiger partial charge on any atom is 0.0960 e. The van der Waals surface area contributed by atoms with Gasteiger partial charge in [0, 0.05) is 0 Å². The van der Waals surface area contributed by atoms with Crippen molar-refractivity contribution < 1.29 is 16.9 Å². The van der Waals surface area contributed by atoms with E-state index >= 15 is 0 Å². The van der Waals surface area contributed by atoms with Gasteiger partial charge in [-0.2, -0.15) is 0 Å². The van der Waals surface area contributed by atoms with Gasteiger partial charge in [-0.05, 0) is 31.4 Å². The Bertz CT molecular complexity index is 448. The molecule has 0 saturated heterocycles. The van der Waals surface area contributed by atoms with Crippen LogP contribution >= 0.6 is 0 Å². The minimum absolute atomic E-state index is 0. The van der Waals surface area contributed by atoms with E-state index in [9.17, 15) is 0 Å². The summed E-state index contributed by atoms with van der Waals surface area (Å²) in [6.07, 6.45) is 18.7. The SMILES string of the molecule is CCCCCCCCCCCC[N+](C)(C)C=Cc1ccc(C)cc1.[Cl-]. The van der Waals surface area contributed by atoms with Gasteiger partial charge >= 0.3 is 0 Å². The zero-order valence-corrected chi connectivity index (χ0v) is 17.8. The Balaban J connectivity index is 0.00000576. The van der Waals surface area contributed by atoms with E-state index in [1.54, 1.807) is 0 Å². The predicted octanol–water partition coefficient (Wildman–Crippen LogP) is 3.97. The van der Waals surface area contributed by atoms with Crippen molar-refractivity contribution in [2.45, 2.75) is 78.1 Å². The van der Waals surface area contributed by atoms with E-state index in [1.165, 1.54) is 81.9 Å². The number of unbranched alkanes of at least 4 members (excludes halogenated alkanes) is 9. The number of nitrogens with zero attached hydrogens (tertiary/aromatic N) is 1. The van der Waals surface area contributed by atoms with E-state index in [2.05, 4.69) is 64.5 Å². The molecule has 1 nitrogen and oxygen atoms in total. The van der Waals surface area contributed by atoms with Gasteiger partial charge in [0.25, 0.3) is 0 Å². The smallest absolute Gasteiger partial charge is 0.0960 e. The van der Waals surface area contributed by atoms with Crippen molar-refractivity contribution in [1.82, 2.24) is 0 Å². The maximum atomic E-state index is 2.33. The number of quaternary nitrogens is 1. The fraction of sp³-hybridized carbons (Fsp3) is 0.652. The van der Waals surface area contributed by atoms with Crippen molar-refractivity contribution in [2.24, 2.45) is 0 Å². The highest BCUT2D eigenvalue weighted by molar-refractivity contribution is 5.48. The summed E-state index contributed by atoms with van der Waals surface area (Å²) in [6, 6.07) is 8.77. The molecule has 0 fully saturated rings. The molecule has 0 aliphatic heterocycles. The molecular formula is C23H40ClN. The second-order valence-corrected chi connectivity index (χ2v) is 7.91. The molecule has 1 aromatic rings. The van der Waals surface area contributed by atoms with E-state index in [1.807, 2.05) is 0 Å². The van der Waals surface area contributed by atoms with E-state index in [4.69, 9.17) is 0 Å². The lowest BCUT2D eigenvalue weighted by Gasteiger charge is -2.25. The monoisotopic (exact) mass is 365 g/mol. The number of hydrogen-bond acceptors (Lipinski definition) is 0. The Kier molecular flexibility index (Phi) is 13.9. The quantitative estimate of drug-likeness (QED) is 0.366. The first-order valence-corrected chi connectivity index (χ1v) is 10.1. The molecule has 0 aliphatic carbocycles. The summed E-state index contributed by atoms with van der Waals surface area (Å²) in [5.74, 6) is 0.